The van der Waals surface area contributed by atoms with Crippen molar-refractivity contribution in [2.45, 2.75) is 38.5 Å². The lowest BCUT2D eigenvalue weighted by Crippen LogP contribution is -2.32. The number of hydrogen-bond donors (Lipinski definition) is 0. The van der Waals surface area contributed by atoms with Crippen LogP contribution in [0.5, 0.6) is 0 Å². The number of nitrogens with zero attached hydrogens (tertiary/aromatic N) is 2. The molecular weight excluding hydrogens is 360 g/mol. The Labute approximate surface area is 162 Å². The minimum absolute atomic E-state index is 0.0192. The molecule has 1 amide bonds. The molecule has 0 N–H and O–H groups in total. The van der Waals surface area contributed by atoms with E-state index in [4.69, 9.17) is 0 Å². The Morgan fingerprint density at radius 2 is 1.41 bits per heavy atom. The van der Waals surface area contributed by atoms with Crippen LogP contribution in [0.1, 0.15) is 42.6 Å². The number of amides is 1. The summed E-state index contributed by atoms with van der Waals surface area (Å²) < 4.78 is 26.8. The summed E-state index contributed by atoms with van der Waals surface area (Å²) >= 11 is 0. The number of carbonyl (C=O) groups excluding carboxylic acids is 1. The van der Waals surface area contributed by atoms with Crippen LogP contribution in [-0.2, 0) is 10.0 Å². The molecule has 0 atom stereocenters. The van der Waals surface area contributed by atoms with Gasteiger partial charge in [0.05, 0.1) is 10.6 Å². The Morgan fingerprint density at radius 1 is 0.889 bits per heavy atom. The molecule has 0 radical (unpaired) electrons. The minimum atomic E-state index is -3.64. The molecule has 0 aliphatic carbocycles. The third kappa shape index (κ3) is 4.89. The first kappa shape index (κ1) is 21.0. The number of carbonyl (C=O) groups is 1. The van der Waals surface area contributed by atoms with Gasteiger partial charge in [-0.1, -0.05) is 31.5 Å². The van der Waals surface area contributed by atoms with Gasteiger partial charge in [0, 0.05) is 25.7 Å². The van der Waals surface area contributed by atoms with Crippen LogP contribution in [0, 0.1) is 6.92 Å². The SMILES string of the molecule is CCCN(CCC)C(=O)c1ccc(N(C)S(=O)(=O)c2ccc(C)cc2)cc1. The van der Waals surface area contributed by atoms with E-state index in [1.54, 1.807) is 48.5 Å². The first-order chi connectivity index (χ1) is 12.8. The van der Waals surface area contributed by atoms with E-state index < -0.39 is 10.0 Å². The summed E-state index contributed by atoms with van der Waals surface area (Å²) in [6.07, 6.45) is 1.81. The van der Waals surface area contributed by atoms with E-state index in [0.717, 1.165) is 31.5 Å². The van der Waals surface area contributed by atoms with Gasteiger partial charge in [-0.05, 0) is 56.2 Å². The molecule has 27 heavy (non-hydrogen) atoms. The van der Waals surface area contributed by atoms with Gasteiger partial charge >= 0.3 is 0 Å². The molecule has 5 nitrogen and oxygen atoms in total. The molecule has 146 valence electrons. The van der Waals surface area contributed by atoms with Crippen LogP contribution in [0.2, 0.25) is 0 Å². The lowest BCUT2D eigenvalue weighted by Gasteiger charge is -2.23. The van der Waals surface area contributed by atoms with E-state index >= 15 is 0 Å². The Morgan fingerprint density at radius 3 is 1.89 bits per heavy atom. The Hall–Kier alpha value is -2.34. The second kappa shape index (κ2) is 9.04. The van der Waals surface area contributed by atoms with E-state index in [0.29, 0.717) is 11.3 Å². The van der Waals surface area contributed by atoms with Crippen LogP contribution in [0.15, 0.2) is 53.4 Å². The van der Waals surface area contributed by atoms with Crippen LogP contribution < -0.4 is 4.31 Å². The summed E-state index contributed by atoms with van der Waals surface area (Å²) in [6, 6.07) is 13.5. The van der Waals surface area contributed by atoms with Gasteiger partial charge in [-0.3, -0.25) is 9.10 Å². The van der Waals surface area contributed by atoms with Crippen LogP contribution in [0.4, 0.5) is 5.69 Å². The molecular formula is C21H28N2O3S. The summed E-state index contributed by atoms with van der Waals surface area (Å²) in [5, 5.41) is 0. The van der Waals surface area contributed by atoms with Crippen molar-refractivity contribution in [3.05, 3.63) is 59.7 Å². The molecule has 2 aromatic carbocycles. The van der Waals surface area contributed by atoms with E-state index in [9.17, 15) is 13.2 Å². The summed E-state index contributed by atoms with van der Waals surface area (Å²) in [4.78, 5) is 14.7. The van der Waals surface area contributed by atoms with E-state index in [1.165, 1.54) is 11.4 Å². The normalized spacial score (nSPS) is 11.3. The zero-order valence-corrected chi connectivity index (χ0v) is 17.3. The number of sulfonamides is 1. The fraction of sp³-hybridized carbons (Fsp3) is 0.381. The highest BCUT2D eigenvalue weighted by atomic mass is 32.2. The Balaban J connectivity index is 2.23. The number of anilines is 1. The lowest BCUT2D eigenvalue weighted by molar-refractivity contribution is 0.0755. The van der Waals surface area contributed by atoms with E-state index in [-0.39, 0.29) is 10.8 Å². The van der Waals surface area contributed by atoms with Crippen molar-refractivity contribution in [2.24, 2.45) is 0 Å². The average molecular weight is 389 g/mol. The highest BCUT2D eigenvalue weighted by Crippen LogP contribution is 2.23. The predicted molar refractivity (Wildman–Crippen MR) is 110 cm³/mol. The molecule has 0 spiro atoms. The van der Waals surface area contributed by atoms with Crippen molar-refractivity contribution < 1.29 is 13.2 Å². The highest BCUT2D eigenvalue weighted by molar-refractivity contribution is 7.92. The monoisotopic (exact) mass is 388 g/mol. The van der Waals surface area contributed by atoms with Gasteiger partial charge in [0.2, 0.25) is 0 Å². The molecule has 0 bridgehead atoms. The molecule has 0 aliphatic rings. The smallest absolute Gasteiger partial charge is 0.264 e. The molecule has 0 heterocycles. The standard InChI is InChI=1S/C21H28N2O3S/c1-5-15-23(16-6-2)21(24)18-9-11-19(12-10-18)22(4)27(25,26)20-13-7-17(3)8-14-20/h7-14H,5-6,15-16H2,1-4H3. The summed E-state index contributed by atoms with van der Waals surface area (Å²) in [7, 11) is -2.12. The third-order valence-electron chi connectivity index (χ3n) is 4.43. The van der Waals surface area contributed by atoms with Gasteiger partial charge in [-0.25, -0.2) is 8.42 Å². The molecule has 0 aliphatic heterocycles. The molecule has 0 saturated carbocycles. The van der Waals surface area contributed by atoms with E-state index in [1.807, 2.05) is 25.7 Å². The maximum Gasteiger partial charge on any atom is 0.264 e. The molecule has 0 unspecified atom stereocenters. The van der Waals surface area contributed by atoms with Gasteiger partial charge in [-0.15, -0.1) is 0 Å². The van der Waals surface area contributed by atoms with E-state index in [2.05, 4.69) is 0 Å². The van der Waals surface area contributed by atoms with Gasteiger partial charge in [-0.2, -0.15) is 0 Å². The largest absolute Gasteiger partial charge is 0.339 e. The van der Waals surface area contributed by atoms with Crippen LogP contribution >= 0.6 is 0 Å². The zero-order chi connectivity index (χ0) is 20.0. The molecule has 2 aromatic rings. The van der Waals surface area contributed by atoms with Crippen molar-refractivity contribution in [1.82, 2.24) is 4.90 Å². The maximum absolute atomic E-state index is 12.8. The summed E-state index contributed by atoms with van der Waals surface area (Å²) in [5.41, 5.74) is 2.09. The summed E-state index contributed by atoms with van der Waals surface area (Å²) in [5.74, 6) is -0.0192. The Bertz CT molecular complexity index is 853. The fourth-order valence-corrected chi connectivity index (χ4v) is 4.05. The molecule has 0 aromatic heterocycles. The third-order valence-corrected chi connectivity index (χ3v) is 6.23. The predicted octanol–water partition coefficient (Wildman–Crippen LogP) is 4.08. The van der Waals surface area contributed by atoms with Crippen LogP contribution in [0.25, 0.3) is 0 Å². The van der Waals surface area contributed by atoms with Crippen molar-refractivity contribution in [3.63, 3.8) is 0 Å². The quantitative estimate of drug-likeness (QED) is 0.685. The lowest BCUT2D eigenvalue weighted by atomic mass is 10.1. The molecule has 0 fully saturated rings. The second-order valence-electron chi connectivity index (χ2n) is 6.62. The summed E-state index contributed by atoms with van der Waals surface area (Å²) in [6.45, 7) is 7.44. The second-order valence-corrected chi connectivity index (χ2v) is 8.59. The van der Waals surface area contributed by atoms with Crippen molar-refractivity contribution in [1.29, 1.82) is 0 Å². The Kier molecular flexibility index (Phi) is 7.02. The van der Waals surface area contributed by atoms with Crippen LogP contribution in [0.3, 0.4) is 0 Å². The topological polar surface area (TPSA) is 57.7 Å². The maximum atomic E-state index is 12.8. The van der Waals surface area contributed by atoms with Crippen molar-refractivity contribution in [3.8, 4) is 0 Å². The number of aryl methyl sites for hydroxylation is 1. The molecule has 0 saturated heterocycles. The first-order valence-corrected chi connectivity index (χ1v) is 10.7. The van der Waals surface area contributed by atoms with Gasteiger partial charge in [0.1, 0.15) is 0 Å². The van der Waals surface area contributed by atoms with Crippen molar-refractivity contribution >= 4 is 21.6 Å². The van der Waals surface area contributed by atoms with Gasteiger partial charge < -0.3 is 4.90 Å². The van der Waals surface area contributed by atoms with Gasteiger partial charge in [0.15, 0.2) is 0 Å². The molecule has 2 rings (SSSR count). The first-order valence-electron chi connectivity index (χ1n) is 9.26. The minimum Gasteiger partial charge on any atom is -0.339 e. The zero-order valence-electron chi connectivity index (χ0n) is 16.5. The highest BCUT2D eigenvalue weighted by Gasteiger charge is 2.22. The fourth-order valence-electron chi connectivity index (χ4n) is 2.86. The number of hydrogen-bond acceptors (Lipinski definition) is 3. The number of rotatable bonds is 8. The van der Waals surface area contributed by atoms with Crippen LogP contribution in [-0.4, -0.2) is 39.4 Å². The van der Waals surface area contributed by atoms with Crippen molar-refractivity contribution in [2.75, 3.05) is 24.4 Å². The number of benzene rings is 2. The molecule has 6 heteroatoms. The average Bonchev–Trinajstić information content (AvgIpc) is 2.67. The van der Waals surface area contributed by atoms with Gasteiger partial charge in [0.25, 0.3) is 15.9 Å².